The summed E-state index contributed by atoms with van der Waals surface area (Å²) in [4.78, 5) is 9.82. The molecule has 0 aliphatic carbocycles. The van der Waals surface area contributed by atoms with Crippen LogP contribution in [0, 0.1) is 0 Å². The molecule has 0 amide bonds. The van der Waals surface area contributed by atoms with E-state index in [2.05, 4.69) is 5.63 Å². The van der Waals surface area contributed by atoms with E-state index in [4.69, 9.17) is 0 Å². The van der Waals surface area contributed by atoms with E-state index >= 15 is 0 Å². The van der Waals surface area contributed by atoms with Crippen LogP contribution >= 0.6 is 0 Å². The van der Waals surface area contributed by atoms with Crippen molar-refractivity contribution >= 4 is 56.5 Å². The van der Waals surface area contributed by atoms with Crippen LogP contribution in [-0.2, 0) is 5.63 Å². The van der Waals surface area contributed by atoms with Crippen LogP contribution in [0.3, 0.4) is 0 Å². The van der Waals surface area contributed by atoms with Crippen molar-refractivity contribution in [1.82, 2.24) is 0 Å². The molecule has 0 saturated heterocycles. The Morgan fingerprint density at radius 3 is 1.67 bits per heavy atom. The number of hydrogen-bond donors (Lipinski definition) is 0. The van der Waals surface area contributed by atoms with Gasteiger partial charge in [0.15, 0.2) is 0 Å². The molecule has 0 aromatic heterocycles. The maximum atomic E-state index is 9.82. The van der Waals surface area contributed by atoms with E-state index in [1.54, 1.807) is 0 Å². The molecule has 0 N–H and O–H groups in total. The van der Waals surface area contributed by atoms with E-state index in [9.17, 15) is 4.79 Å². The van der Waals surface area contributed by atoms with Crippen LogP contribution in [0.1, 0.15) is 0 Å². The molecule has 0 fully saturated rings. The van der Waals surface area contributed by atoms with Crippen molar-refractivity contribution in [2.45, 2.75) is 0 Å². The number of carbonyl (C=O) groups is 1. The molecular formula is CH4Bi2O3. The topological polar surface area (TPSA) is 35.5 Å². The van der Waals surface area contributed by atoms with Crippen LogP contribution in [0.15, 0.2) is 0 Å². The first-order valence-corrected chi connectivity index (χ1v) is 4.75. The third-order valence-electron chi connectivity index (χ3n) is 0.192. The molecule has 0 atom stereocenters. The summed E-state index contributed by atoms with van der Waals surface area (Å²) in [5, 5.41) is 0. The molecule has 5 heteroatoms. The Balaban J connectivity index is 2.99. The Morgan fingerprint density at radius 2 is 1.67 bits per heavy atom. The zero-order chi connectivity index (χ0) is 4.99. The molecule has 0 aromatic rings. The summed E-state index contributed by atoms with van der Waals surface area (Å²) in [7, 11) is 0. The Morgan fingerprint density at radius 1 is 1.33 bits per heavy atom. The van der Waals surface area contributed by atoms with Gasteiger partial charge in [-0.2, -0.15) is 0 Å². The molecule has 0 aliphatic rings. The molecule has 0 heterocycles. The van der Waals surface area contributed by atoms with Crippen molar-refractivity contribution in [3.8, 4) is 0 Å². The summed E-state index contributed by atoms with van der Waals surface area (Å²) in [6, 6.07) is 0. The molecular weight excluding hydrogens is 478 g/mol. The number of rotatable bonds is 0. The summed E-state index contributed by atoms with van der Waals surface area (Å²) in [6.07, 6.45) is -0.509. The molecule has 3 nitrogen and oxygen atoms in total. The summed E-state index contributed by atoms with van der Waals surface area (Å²) in [5.41, 5.74) is 0. The number of carbonyl (C=O) groups excluding carboxylic acids is 1. The average Bonchev–Trinajstić information content (AvgIpc) is 1.65. The van der Waals surface area contributed by atoms with Gasteiger partial charge in [0.1, 0.15) is 0 Å². The standard InChI is InChI=1S/CH2O3.2Bi.4H/c2-1(3)4;;;;;;/h(H2,2,3,4);;;;;;/q;2*+1;;;;/p-2. The van der Waals surface area contributed by atoms with Gasteiger partial charge < -0.3 is 0 Å². The van der Waals surface area contributed by atoms with Gasteiger partial charge in [-0.25, -0.2) is 0 Å². The number of hydrogen-bond acceptors (Lipinski definition) is 3. The summed E-state index contributed by atoms with van der Waals surface area (Å²) < 4.78 is 8.49. The first-order valence-electron chi connectivity index (χ1n) is 1.08. The minimum atomic E-state index is -0.509. The van der Waals surface area contributed by atoms with Crippen molar-refractivity contribution in [2.24, 2.45) is 0 Å². The molecule has 6 heavy (non-hydrogen) atoms. The molecule has 36 valence electrons. The first-order chi connectivity index (χ1) is 2.81. The van der Waals surface area contributed by atoms with E-state index in [1.807, 2.05) is 0 Å². The van der Waals surface area contributed by atoms with Crippen LogP contribution in [-0.4, -0.2) is 56.5 Å². The normalized spacial score (nSPS) is 7.00. The predicted molar refractivity (Wildman–Crippen MR) is 24.7 cm³/mol. The SMILES string of the molecule is O=C([O][BiH2])[O][BiH2]. The van der Waals surface area contributed by atoms with Gasteiger partial charge in [-0.05, 0) is 0 Å². The quantitative estimate of drug-likeness (QED) is 0.384. The Hall–Kier alpha value is 1.04. The first kappa shape index (κ1) is 7.04. The van der Waals surface area contributed by atoms with Crippen molar-refractivity contribution in [3.63, 3.8) is 0 Å². The van der Waals surface area contributed by atoms with Crippen LogP contribution < -0.4 is 0 Å². The van der Waals surface area contributed by atoms with Crippen molar-refractivity contribution in [1.29, 1.82) is 0 Å². The zero-order valence-corrected chi connectivity index (χ0v) is 11.9. The van der Waals surface area contributed by atoms with E-state index in [0.717, 1.165) is 0 Å². The van der Waals surface area contributed by atoms with Gasteiger partial charge >= 0.3 is 66.9 Å². The fourth-order valence-corrected chi connectivity index (χ4v) is 2.14. The fourth-order valence-electron chi connectivity index (χ4n) is 0.0278. The summed E-state index contributed by atoms with van der Waals surface area (Å²) in [6.45, 7) is 0. The Bertz CT molecular complexity index is 46.8. The van der Waals surface area contributed by atoms with E-state index < -0.39 is 6.16 Å². The molecule has 0 unspecified atom stereocenters. The summed E-state index contributed by atoms with van der Waals surface area (Å²) in [5.74, 6) is 0. The van der Waals surface area contributed by atoms with Crippen LogP contribution in [0.2, 0.25) is 0 Å². The monoisotopic (exact) mass is 482 g/mol. The van der Waals surface area contributed by atoms with E-state index in [0.29, 0.717) is 0 Å². The van der Waals surface area contributed by atoms with Gasteiger partial charge in [0.25, 0.3) is 0 Å². The van der Waals surface area contributed by atoms with Crippen molar-refractivity contribution in [3.05, 3.63) is 0 Å². The van der Waals surface area contributed by atoms with Gasteiger partial charge in [0, 0.05) is 0 Å². The second kappa shape index (κ2) is 4.20. The second-order valence-electron chi connectivity index (χ2n) is 0.486. The average molecular weight is 482 g/mol. The van der Waals surface area contributed by atoms with Crippen LogP contribution in [0.25, 0.3) is 0 Å². The van der Waals surface area contributed by atoms with E-state index in [1.165, 1.54) is 0 Å². The van der Waals surface area contributed by atoms with Gasteiger partial charge in [0.05, 0.1) is 0 Å². The van der Waals surface area contributed by atoms with Crippen LogP contribution in [0.4, 0.5) is 4.79 Å². The molecule has 0 aliphatic heterocycles. The maximum absolute atomic E-state index is 9.82. The van der Waals surface area contributed by atoms with Crippen molar-refractivity contribution < 1.29 is 10.4 Å². The third kappa shape index (κ3) is 3.23. The van der Waals surface area contributed by atoms with E-state index in [-0.39, 0.29) is 50.3 Å². The second-order valence-corrected chi connectivity index (χ2v) is 2.32. The zero-order valence-electron chi connectivity index (χ0n) is 2.88. The van der Waals surface area contributed by atoms with Crippen molar-refractivity contribution in [2.75, 3.05) is 0 Å². The molecule has 0 spiro atoms. The third-order valence-corrected chi connectivity index (χ3v) is 1.69. The molecule has 0 aromatic carbocycles. The molecule has 0 radical (unpaired) electrons. The Kier molecular flexibility index (Phi) is 4.93. The molecule has 0 rings (SSSR count). The predicted octanol–water partition coefficient (Wildman–Crippen LogP) is -1.76. The minimum absolute atomic E-state index is 0.265. The van der Waals surface area contributed by atoms with Gasteiger partial charge in [-0.1, -0.05) is 0 Å². The summed E-state index contributed by atoms with van der Waals surface area (Å²) >= 11 is 0.530. The molecule has 0 saturated carbocycles. The molecule has 0 bridgehead atoms. The van der Waals surface area contributed by atoms with Gasteiger partial charge in [-0.3, -0.25) is 0 Å². The van der Waals surface area contributed by atoms with Crippen LogP contribution in [0.5, 0.6) is 0 Å². The fraction of sp³-hybridized carbons (Fsp3) is 0. The van der Waals surface area contributed by atoms with Gasteiger partial charge in [-0.15, -0.1) is 0 Å². The Labute approximate surface area is 66.3 Å². The van der Waals surface area contributed by atoms with Gasteiger partial charge in [0.2, 0.25) is 0 Å².